The fraction of sp³-hybridized carbons (Fsp3) is 0.250. The van der Waals surface area contributed by atoms with E-state index in [1.165, 1.54) is 36.1 Å². The number of carbonyl (C=O) groups is 3. The van der Waals surface area contributed by atoms with Crippen LogP contribution in [0.15, 0.2) is 48.5 Å². The van der Waals surface area contributed by atoms with E-state index in [1.807, 2.05) is 0 Å². The number of esters is 1. The van der Waals surface area contributed by atoms with Gasteiger partial charge in [-0.1, -0.05) is 18.2 Å². The van der Waals surface area contributed by atoms with Gasteiger partial charge in [0, 0.05) is 38.7 Å². The van der Waals surface area contributed by atoms with Crippen LogP contribution in [0.2, 0.25) is 0 Å². The Hall–Kier alpha value is -3.22. The van der Waals surface area contributed by atoms with Crippen LogP contribution in [-0.4, -0.2) is 53.8 Å². The van der Waals surface area contributed by atoms with Crippen LogP contribution in [0.1, 0.15) is 27.6 Å². The topological polar surface area (TPSA) is 66.9 Å². The van der Waals surface area contributed by atoms with Crippen LogP contribution >= 0.6 is 0 Å². The van der Waals surface area contributed by atoms with E-state index in [2.05, 4.69) is 0 Å². The molecule has 1 fully saturated rings. The minimum atomic E-state index is -0.553. The third kappa shape index (κ3) is 4.31. The van der Waals surface area contributed by atoms with Crippen molar-refractivity contribution in [3.05, 3.63) is 65.5 Å². The van der Waals surface area contributed by atoms with Gasteiger partial charge in [0.2, 0.25) is 0 Å². The fourth-order valence-corrected chi connectivity index (χ4v) is 2.96. The predicted molar refractivity (Wildman–Crippen MR) is 96.0 cm³/mol. The number of nitrogens with zero attached hydrogens (tertiary/aromatic N) is 2. The lowest BCUT2D eigenvalue weighted by molar-refractivity contribution is -0.131. The molecule has 1 aliphatic rings. The molecule has 0 spiro atoms. The Morgan fingerprint density at radius 1 is 0.889 bits per heavy atom. The van der Waals surface area contributed by atoms with Crippen molar-refractivity contribution in [2.45, 2.75) is 6.92 Å². The first-order valence-electron chi connectivity index (χ1n) is 8.57. The molecule has 0 atom stereocenters. The van der Waals surface area contributed by atoms with Gasteiger partial charge in [-0.05, 0) is 30.3 Å². The van der Waals surface area contributed by atoms with Gasteiger partial charge in [-0.25, -0.2) is 4.39 Å². The molecule has 0 aliphatic carbocycles. The zero-order valence-corrected chi connectivity index (χ0v) is 14.9. The Labute approximate surface area is 156 Å². The summed E-state index contributed by atoms with van der Waals surface area (Å²) in [6.07, 6.45) is 0. The molecular weight excluding hydrogens is 351 g/mol. The number of carbonyl (C=O) groups excluding carboxylic acids is 3. The number of halogens is 1. The summed E-state index contributed by atoms with van der Waals surface area (Å²) >= 11 is 0. The van der Waals surface area contributed by atoms with Gasteiger partial charge in [-0.3, -0.25) is 14.4 Å². The van der Waals surface area contributed by atoms with Gasteiger partial charge in [-0.15, -0.1) is 0 Å². The first-order valence-corrected chi connectivity index (χ1v) is 8.57. The molecule has 2 aromatic rings. The van der Waals surface area contributed by atoms with Gasteiger partial charge < -0.3 is 14.5 Å². The second kappa shape index (κ2) is 7.99. The van der Waals surface area contributed by atoms with Gasteiger partial charge >= 0.3 is 5.97 Å². The number of amides is 2. The summed E-state index contributed by atoms with van der Waals surface area (Å²) in [5.74, 6) is -1.29. The molecular formula is C20H19FN2O4. The molecule has 0 saturated carbocycles. The van der Waals surface area contributed by atoms with Crippen LogP contribution in [0.5, 0.6) is 5.75 Å². The normalized spacial score (nSPS) is 14.0. The van der Waals surface area contributed by atoms with Crippen LogP contribution in [-0.2, 0) is 4.79 Å². The highest BCUT2D eigenvalue weighted by Gasteiger charge is 2.26. The Bertz CT molecular complexity index is 876. The molecule has 140 valence electrons. The second-order valence-corrected chi connectivity index (χ2v) is 6.19. The Balaban J connectivity index is 1.64. The summed E-state index contributed by atoms with van der Waals surface area (Å²) in [6, 6.07) is 12.3. The third-order valence-electron chi connectivity index (χ3n) is 4.30. The lowest BCUT2D eigenvalue weighted by Crippen LogP contribution is -2.50. The molecule has 1 aliphatic heterocycles. The number of hydrogen-bond acceptors (Lipinski definition) is 4. The summed E-state index contributed by atoms with van der Waals surface area (Å²) in [5, 5.41) is 0. The van der Waals surface area contributed by atoms with Gasteiger partial charge in [0.25, 0.3) is 11.8 Å². The molecule has 0 radical (unpaired) electrons. The van der Waals surface area contributed by atoms with E-state index in [0.29, 0.717) is 37.5 Å². The zero-order valence-electron chi connectivity index (χ0n) is 14.9. The van der Waals surface area contributed by atoms with Crippen molar-refractivity contribution < 1.29 is 23.5 Å². The number of rotatable bonds is 3. The van der Waals surface area contributed by atoms with Gasteiger partial charge in [0.15, 0.2) is 0 Å². The van der Waals surface area contributed by atoms with E-state index >= 15 is 0 Å². The highest BCUT2D eigenvalue weighted by atomic mass is 19.1. The lowest BCUT2D eigenvalue weighted by Gasteiger charge is -2.35. The molecule has 0 N–H and O–H groups in total. The maximum atomic E-state index is 13.8. The first-order chi connectivity index (χ1) is 13.0. The molecule has 2 amide bonds. The third-order valence-corrected chi connectivity index (χ3v) is 4.30. The molecule has 7 heteroatoms. The summed E-state index contributed by atoms with van der Waals surface area (Å²) in [5.41, 5.74) is 0.439. The van der Waals surface area contributed by atoms with Gasteiger partial charge in [0.1, 0.15) is 11.6 Å². The number of hydrogen-bond donors (Lipinski definition) is 0. The van der Waals surface area contributed by atoms with Crippen LogP contribution in [0.25, 0.3) is 0 Å². The minimum absolute atomic E-state index is 0.0337. The van der Waals surface area contributed by atoms with Crippen molar-refractivity contribution in [1.29, 1.82) is 0 Å². The largest absolute Gasteiger partial charge is 0.427 e. The minimum Gasteiger partial charge on any atom is -0.427 e. The van der Waals surface area contributed by atoms with Crippen LogP contribution in [0.4, 0.5) is 4.39 Å². The van der Waals surface area contributed by atoms with E-state index in [4.69, 9.17) is 4.74 Å². The molecule has 27 heavy (non-hydrogen) atoms. The molecule has 0 aromatic heterocycles. The Morgan fingerprint density at radius 2 is 1.52 bits per heavy atom. The van der Waals surface area contributed by atoms with E-state index < -0.39 is 11.8 Å². The molecule has 0 unspecified atom stereocenters. The monoisotopic (exact) mass is 370 g/mol. The number of ether oxygens (including phenoxy) is 1. The summed E-state index contributed by atoms with van der Waals surface area (Å²) in [7, 11) is 0. The zero-order chi connectivity index (χ0) is 19.4. The van der Waals surface area contributed by atoms with Gasteiger partial charge in [-0.2, -0.15) is 0 Å². The summed E-state index contributed by atoms with van der Waals surface area (Å²) < 4.78 is 18.8. The molecule has 3 rings (SSSR count). The quantitative estimate of drug-likeness (QED) is 0.614. The standard InChI is InChI=1S/C20H19FN2O4/c1-14(24)27-16-6-4-5-15(13-16)19(25)22-9-11-23(12-10-22)20(26)17-7-2-3-8-18(17)21/h2-8,13H,9-12H2,1H3. The SMILES string of the molecule is CC(=O)Oc1cccc(C(=O)N2CCN(C(=O)c3ccccc3F)CC2)c1. The number of benzene rings is 2. The van der Waals surface area contributed by atoms with Gasteiger partial charge in [0.05, 0.1) is 5.56 Å². The lowest BCUT2D eigenvalue weighted by atomic mass is 10.1. The average Bonchev–Trinajstić information content (AvgIpc) is 2.67. The van der Waals surface area contributed by atoms with Crippen molar-refractivity contribution in [2.75, 3.05) is 26.2 Å². The Kier molecular flexibility index (Phi) is 5.49. The smallest absolute Gasteiger partial charge is 0.308 e. The maximum Gasteiger partial charge on any atom is 0.308 e. The highest BCUT2D eigenvalue weighted by molar-refractivity contribution is 5.96. The predicted octanol–water partition coefficient (Wildman–Crippen LogP) is 2.35. The van der Waals surface area contributed by atoms with Crippen molar-refractivity contribution in [3.63, 3.8) is 0 Å². The van der Waals surface area contributed by atoms with Crippen LogP contribution < -0.4 is 4.74 Å². The second-order valence-electron chi connectivity index (χ2n) is 6.19. The highest BCUT2D eigenvalue weighted by Crippen LogP contribution is 2.17. The summed E-state index contributed by atoms with van der Waals surface area (Å²) in [6.45, 7) is 2.62. The van der Waals surface area contributed by atoms with Crippen LogP contribution in [0, 0.1) is 5.82 Å². The maximum absolute atomic E-state index is 13.8. The van der Waals surface area contributed by atoms with E-state index in [-0.39, 0.29) is 17.4 Å². The van der Waals surface area contributed by atoms with Crippen molar-refractivity contribution >= 4 is 17.8 Å². The van der Waals surface area contributed by atoms with Crippen molar-refractivity contribution in [1.82, 2.24) is 9.80 Å². The van der Waals surface area contributed by atoms with E-state index in [1.54, 1.807) is 29.2 Å². The molecule has 2 aromatic carbocycles. The molecule has 1 heterocycles. The fourth-order valence-electron chi connectivity index (χ4n) is 2.96. The number of piperazine rings is 1. The van der Waals surface area contributed by atoms with E-state index in [9.17, 15) is 18.8 Å². The molecule has 6 nitrogen and oxygen atoms in total. The molecule has 0 bridgehead atoms. The first kappa shape index (κ1) is 18.6. The summed E-state index contributed by atoms with van der Waals surface area (Å²) in [4.78, 5) is 39.3. The van der Waals surface area contributed by atoms with Crippen LogP contribution in [0.3, 0.4) is 0 Å². The van der Waals surface area contributed by atoms with Crippen molar-refractivity contribution in [2.24, 2.45) is 0 Å². The molecule has 1 saturated heterocycles. The average molecular weight is 370 g/mol. The van der Waals surface area contributed by atoms with E-state index in [0.717, 1.165) is 0 Å². The van der Waals surface area contributed by atoms with Crippen molar-refractivity contribution in [3.8, 4) is 5.75 Å². The Morgan fingerprint density at radius 3 is 2.15 bits per heavy atom.